The highest BCUT2D eigenvalue weighted by atomic mass is 16.5. The summed E-state index contributed by atoms with van der Waals surface area (Å²) in [5.74, 6) is -0.169. The maximum absolute atomic E-state index is 11.5. The first-order valence-corrected chi connectivity index (χ1v) is 5.94. The van der Waals surface area contributed by atoms with Gasteiger partial charge in [-0.2, -0.15) is 0 Å². The van der Waals surface area contributed by atoms with Gasteiger partial charge in [-0.1, -0.05) is 17.7 Å². The van der Waals surface area contributed by atoms with E-state index in [1.165, 1.54) is 0 Å². The average Bonchev–Trinajstić information content (AvgIpc) is 2.36. The number of hydrogen-bond donors (Lipinski definition) is 2. The molecule has 1 rings (SSSR count). The van der Waals surface area contributed by atoms with Crippen molar-refractivity contribution in [3.05, 3.63) is 29.8 Å². The van der Waals surface area contributed by atoms with Crippen molar-refractivity contribution in [2.75, 3.05) is 38.3 Å². The molecule has 0 unspecified atom stereocenters. The molecule has 5 heteroatoms. The van der Waals surface area contributed by atoms with Crippen molar-refractivity contribution >= 4 is 11.6 Å². The van der Waals surface area contributed by atoms with E-state index >= 15 is 0 Å². The summed E-state index contributed by atoms with van der Waals surface area (Å²) in [4.78, 5) is 11.5. The predicted molar refractivity (Wildman–Crippen MR) is 70.5 cm³/mol. The van der Waals surface area contributed by atoms with E-state index in [1.807, 2.05) is 31.2 Å². The van der Waals surface area contributed by atoms with Gasteiger partial charge in [0.15, 0.2) is 0 Å². The van der Waals surface area contributed by atoms with Crippen molar-refractivity contribution in [1.82, 2.24) is 0 Å². The Morgan fingerprint density at radius 1 is 1.17 bits per heavy atom. The van der Waals surface area contributed by atoms with Crippen molar-refractivity contribution in [3.8, 4) is 0 Å². The first-order chi connectivity index (χ1) is 8.72. The molecular weight excluding hydrogens is 232 g/mol. The van der Waals surface area contributed by atoms with Crippen molar-refractivity contribution in [1.29, 1.82) is 0 Å². The molecular formula is C13H20N2O3. The van der Waals surface area contributed by atoms with Gasteiger partial charge in [-0.15, -0.1) is 0 Å². The third kappa shape index (κ3) is 6.34. The smallest absolute Gasteiger partial charge is 0.250 e. The number of rotatable bonds is 8. The molecule has 0 fully saturated rings. The van der Waals surface area contributed by atoms with Crippen LogP contribution in [0.25, 0.3) is 0 Å². The molecule has 1 amide bonds. The van der Waals surface area contributed by atoms with Crippen LogP contribution in [0.1, 0.15) is 5.56 Å². The summed E-state index contributed by atoms with van der Waals surface area (Å²) in [7, 11) is 0. The minimum absolute atomic E-state index is 0.0276. The zero-order valence-electron chi connectivity index (χ0n) is 10.6. The minimum atomic E-state index is -0.169. The maximum Gasteiger partial charge on any atom is 0.250 e. The molecule has 0 aliphatic carbocycles. The molecule has 0 spiro atoms. The number of carbonyl (C=O) groups excluding carboxylic acids is 1. The lowest BCUT2D eigenvalue weighted by molar-refractivity contribution is -0.121. The molecule has 100 valence electrons. The number of amides is 1. The lowest BCUT2D eigenvalue weighted by Crippen LogP contribution is -2.20. The first-order valence-electron chi connectivity index (χ1n) is 5.94. The Hall–Kier alpha value is -1.43. The number of anilines is 1. The molecule has 0 heterocycles. The topological polar surface area (TPSA) is 73.6 Å². The summed E-state index contributed by atoms with van der Waals surface area (Å²) in [6, 6.07) is 7.60. The third-order valence-electron chi connectivity index (χ3n) is 2.20. The van der Waals surface area contributed by atoms with Crippen LogP contribution < -0.4 is 11.1 Å². The SMILES string of the molecule is Cc1ccc(NC(=O)COCCOCCN)cc1. The highest BCUT2D eigenvalue weighted by Crippen LogP contribution is 2.08. The van der Waals surface area contributed by atoms with Gasteiger partial charge in [0, 0.05) is 12.2 Å². The Balaban J connectivity index is 2.12. The predicted octanol–water partition coefficient (Wildman–Crippen LogP) is 0.925. The van der Waals surface area contributed by atoms with E-state index in [1.54, 1.807) is 0 Å². The van der Waals surface area contributed by atoms with E-state index in [-0.39, 0.29) is 12.5 Å². The maximum atomic E-state index is 11.5. The van der Waals surface area contributed by atoms with Crippen molar-refractivity contribution in [3.63, 3.8) is 0 Å². The van der Waals surface area contributed by atoms with Crippen LogP contribution in [0.2, 0.25) is 0 Å². The Bertz CT molecular complexity index is 352. The minimum Gasteiger partial charge on any atom is -0.378 e. The summed E-state index contributed by atoms with van der Waals surface area (Å²) in [5, 5.41) is 2.75. The molecule has 18 heavy (non-hydrogen) atoms. The average molecular weight is 252 g/mol. The van der Waals surface area contributed by atoms with E-state index < -0.39 is 0 Å². The molecule has 0 atom stereocenters. The standard InChI is InChI=1S/C13H20N2O3/c1-11-2-4-12(5-3-11)15-13(16)10-18-9-8-17-7-6-14/h2-5H,6-10,14H2,1H3,(H,15,16). The van der Waals surface area contributed by atoms with Crippen LogP contribution in [0.4, 0.5) is 5.69 Å². The van der Waals surface area contributed by atoms with Gasteiger partial charge < -0.3 is 20.5 Å². The number of benzene rings is 1. The summed E-state index contributed by atoms with van der Waals surface area (Å²) < 4.78 is 10.3. The fourth-order valence-corrected chi connectivity index (χ4v) is 1.30. The van der Waals surface area contributed by atoms with Crippen molar-refractivity contribution in [2.24, 2.45) is 5.73 Å². The lowest BCUT2D eigenvalue weighted by Gasteiger charge is -2.07. The number of aryl methyl sites for hydroxylation is 1. The second-order valence-electron chi connectivity index (χ2n) is 3.87. The number of nitrogens with one attached hydrogen (secondary N) is 1. The van der Waals surface area contributed by atoms with E-state index in [9.17, 15) is 4.79 Å². The van der Waals surface area contributed by atoms with Gasteiger partial charge >= 0.3 is 0 Å². The van der Waals surface area contributed by atoms with E-state index in [0.717, 1.165) is 11.3 Å². The highest BCUT2D eigenvalue weighted by molar-refractivity contribution is 5.91. The first kappa shape index (κ1) is 14.6. The van der Waals surface area contributed by atoms with Crippen LogP contribution in [0.5, 0.6) is 0 Å². The molecule has 0 aliphatic rings. The van der Waals surface area contributed by atoms with Gasteiger partial charge in [-0.3, -0.25) is 4.79 Å². The van der Waals surface area contributed by atoms with Crippen LogP contribution in [0.3, 0.4) is 0 Å². The van der Waals surface area contributed by atoms with Crippen molar-refractivity contribution in [2.45, 2.75) is 6.92 Å². The fourth-order valence-electron chi connectivity index (χ4n) is 1.30. The fraction of sp³-hybridized carbons (Fsp3) is 0.462. The Kier molecular flexibility index (Phi) is 7.01. The van der Waals surface area contributed by atoms with Gasteiger partial charge in [0.05, 0.1) is 19.8 Å². The third-order valence-corrected chi connectivity index (χ3v) is 2.20. The largest absolute Gasteiger partial charge is 0.378 e. The molecule has 1 aromatic carbocycles. The number of carbonyl (C=O) groups is 1. The Labute approximate surface area is 107 Å². The molecule has 3 N–H and O–H groups in total. The molecule has 0 radical (unpaired) electrons. The Morgan fingerprint density at radius 2 is 1.83 bits per heavy atom. The van der Waals surface area contributed by atoms with Gasteiger partial charge in [0.1, 0.15) is 6.61 Å². The van der Waals surface area contributed by atoms with E-state index in [4.69, 9.17) is 15.2 Å². The van der Waals surface area contributed by atoms with Gasteiger partial charge in [0.2, 0.25) is 5.91 Å². The molecule has 0 aliphatic heterocycles. The zero-order chi connectivity index (χ0) is 13.2. The van der Waals surface area contributed by atoms with Crippen LogP contribution in [-0.4, -0.2) is 38.9 Å². The molecule has 1 aromatic rings. The second kappa shape index (κ2) is 8.63. The summed E-state index contributed by atoms with van der Waals surface area (Å²) in [6.45, 7) is 3.87. The normalized spacial score (nSPS) is 10.3. The van der Waals surface area contributed by atoms with Gasteiger partial charge in [-0.05, 0) is 19.1 Å². The van der Waals surface area contributed by atoms with Crippen LogP contribution in [0, 0.1) is 6.92 Å². The summed E-state index contributed by atoms with van der Waals surface area (Å²) in [6.07, 6.45) is 0. The Morgan fingerprint density at radius 3 is 2.50 bits per heavy atom. The van der Waals surface area contributed by atoms with Crippen molar-refractivity contribution < 1.29 is 14.3 Å². The molecule has 0 saturated carbocycles. The van der Waals surface area contributed by atoms with E-state index in [2.05, 4.69) is 5.32 Å². The summed E-state index contributed by atoms with van der Waals surface area (Å²) in [5.41, 5.74) is 7.18. The summed E-state index contributed by atoms with van der Waals surface area (Å²) >= 11 is 0. The number of hydrogen-bond acceptors (Lipinski definition) is 4. The zero-order valence-corrected chi connectivity index (χ0v) is 10.6. The number of ether oxygens (including phenoxy) is 2. The van der Waals surface area contributed by atoms with Crippen LogP contribution in [0.15, 0.2) is 24.3 Å². The van der Waals surface area contributed by atoms with Crippen LogP contribution in [-0.2, 0) is 14.3 Å². The van der Waals surface area contributed by atoms with Gasteiger partial charge in [-0.25, -0.2) is 0 Å². The van der Waals surface area contributed by atoms with E-state index in [0.29, 0.717) is 26.4 Å². The highest BCUT2D eigenvalue weighted by Gasteiger charge is 2.01. The monoisotopic (exact) mass is 252 g/mol. The van der Waals surface area contributed by atoms with Crippen LogP contribution >= 0.6 is 0 Å². The molecule has 0 aromatic heterocycles. The molecule has 5 nitrogen and oxygen atoms in total. The second-order valence-corrected chi connectivity index (χ2v) is 3.87. The molecule has 0 saturated heterocycles. The molecule has 0 bridgehead atoms. The lowest BCUT2D eigenvalue weighted by atomic mass is 10.2. The van der Waals surface area contributed by atoms with Gasteiger partial charge in [0.25, 0.3) is 0 Å². The number of nitrogens with two attached hydrogens (primary N) is 1. The quantitative estimate of drug-likeness (QED) is 0.675.